The number of thiazole rings is 1. The number of nitrogens with zero attached hydrogens (tertiary/aromatic N) is 1. The highest BCUT2D eigenvalue weighted by molar-refractivity contribution is 7.98. The van der Waals surface area contributed by atoms with E-state index in [0.717, 1.165) is 27.8 Å². The first kappa shape index (κ1) is 15.9. The maximum Gasteiger partial charge on any atom is 0.131 e. The van der Waals surface area contributed by atoms with Crippen LogP contribution in [0.3, 0.4) is 0 Å². The summed E-state index contributed by atoms with van der Waals surface area (Å²) < 4.78 is 11.1. The van der Waals surface area contributed by atoms with Crippen LogP contribution in [0.15, 0.2) is 58.8 Å². The van der Waals surface area contributed by atoms with Gasteiger partial charge < -0.3 is 9.47 Å². The fraction of sp³-hybridized carbons (Fsp3) is 0.167. The van der Waals surface area contributed by atoms with Crippen molar-refractivity contribution in [3.63, 3.8) is 0 Å². The molecule has 0 aliphatic carbocycles. The lowest BCUT2D eigenvalue weighted by atomic mass is 10.2. The lowest BCUT2D eigenvalue weighted by molar-refractivity contribution is 0.302. The molecule has 0 fully saturated rings. The van der Waals surface area contributed by atoms with E-state index in [2.05, 4.69) is 23.4 Å². The number of thioether (sulfide) groups is 1. The molecule has 1 aromatic heterocycles. The molecule has 3 nitrogen and oxygen atoms in total. The molecular weight excluding hydrogens is 326 g/mol. The molecule has 3 rings (SSSR count). The minimum Gasteiger partial charge on any atom is -0.497 e. The average Bonchev–Trinajstić information content (AvgIpc) is 3.09. The van der Waals surface area contributed by atoms with Crippen LogP contribution in [-0.2, 0) is 6.61 Å². The highest BCUT2D eigenvalue weighted by Gasteiger charge is 2.06. The minimum absolute atomic E-state index is 0.471. The molecule has 0 unspecified atom stereocenters. The summed E-state index contributed by atoms with van der Waals surface area (Å²) in [7, 11) is 1.67. The standard InChI is InChI=1S/C18H17NO2S2/c1-20-16-5-3-4-13(10-16)18-19-14(12-23-18)11-21-15-6-8-17(22-2)9-7-15/h3-10,12H,11H2,1-2H3. The van der Waals surface area contributed by atoms with Gasteiger partial charge in [-0.2, -0.15) is 0 Å². The molecule has 118 valence electrons. The van der Waals surface area contributed by atoms with E-state index in [1.807, 2.05) is 41.8 Å². The zero-order valence-corrected chi connectivity index (χ0v) is 14.6. The normalized spacial score (nSPS) is 10.5. The van der Waals surface area contributed by atoms with Gasteiger partial charge in [0, 0.05) is 15.8 Å². The maximum absolute atomic E-state index is 5.80. The zero-order chi connectivity index (χ0) is 16.1. The molecule has 0 aliphatic heterocycles. The Kier molecular flexibility index (Phi) is 5.20. The van der Waals surface area contributed by atoms with Gasteiger partial charge in [-0.15, -0.1) is 23.1 Å². The van der Waals surface area contributed by atoms with Crippen molar-refractivity contribution in [1.29, 1.82) is 0 Å². The SMILES string of the molecule is COc1cccc(-c2nc(COc3ccc(SC)cc3)cs2)c1. The van der Waals surface area contributed by atoms with E-state index in [1.165, 1.54) is 4.90 Å². The van der Waals surface area contributed by atoms with Gasteiger partial charge in [0.1, 0.15) is 23.1 Å². The molecule has 0 N–H and O–H groups in total. The van der Waals surface area contributed by atoms with Crippen molar-refractivity contribution in [3.05, 3.63) is 59.6 Å². The number of rotatable bonds is 6. The van der Waals surface area contributed by atoms with Crippen LogP contribution in [0, 0.1) is 0 Å². The first-order valence-corrected chi connectivity index (χ1v) is 9.24. The van der Waals surface area contributed by atoms with Crippen molar-refractivity contribution >= 4 is 23.1 Å². The van der Waals surface area contributed by atoms with Crippen LogP contribution in [0.5, 0.6) is 11.5 Å². The molecule has 0 radical (unpaired) electrons. The van der Waals surface area contributed by atoms with Gasteiger partial charge >= 0.3 is 0 Å². The van der Waals surface area contributed by atoms with Crippen molar-refractivity contribution in [3.8, 4) is 22.1 Å². The van der Waals surface area contributed by atoms with Gasteiger partial charge in [0.05, 0.1) is 12.8 Å². The number of aromatic nitrogens is 1. The van der Waals surface area contributed by atoms with Gasteiger partial charge in [-0.05, 0) is 42.7 Å². The second-order valence-corrected chi connectivity index (χ2v) is 6.58. The van der Waals surface area contributed by atoms with Crippen LogP contribution in [0.1, 0.15) is 5.69 Å². The Morgan fingerprint density at radius 2 is 1.91 bits per heavy atom. The average molecular weight is 343 g/mol. The molecule has 0 aliphatic rings. The Labute approximate surface area is 144 Å². The van der Waals surface area contributed by atoms with E-state index >= 15 is 0 Å². The van der Waals surface area contributed by atoms with Gasteiger partial charge in [0.25, 0.3) is 0 Å². The molecule has 3 aromatic rings. The zero-order valence-electron chi connectivity index (χ0n) is 13.0. The van der Waals surface area contributed by atoms with E-state index in [1.54, 1.807) is 30.2 Å². The third-order valence-electron chi connectivity index (χ3n) is 3.31. The molecule has 2 aromatic carbocycles. The van der Waals surface area contributed by atoms with Crippen molar-refractivity contribution in [2.75, 3.05) is 13.4 Å². The summed E-state index contributed by atoms with van der Waals surface area (Å²) in [5.74, 6) is 1.70. The molecule has 0 amide bonds. The van der Waals surface area contributed by atoms with E-state index in [0.29, 0.717) is 6.61 Å². The Bertz CT molecular complexity index is 769. The molecule has 0 spiro atoms. The number of methoxy groups -OCH3 is 1. The van der Waals surface area contributed by atoms with E-state index < -0.39 is 0 Å². The van der Waals surface area contributed by atoms with Crippen LogP contribution in [0.25, 0.3) is 10.6 Å². The highest BCUT2D eigenvalue weighted by Crippen LogP contribution is 2.27. The monoisotopic (exact) mass is 343 g/mol. The minimum atomic E-state index is 0.471. The predicted octanol–water partition coefficient (Wildman–Crippen LogP) is 5.12. The summed E-state index contributed by atoms with van der Waals surface area (Å²) >= 11 is 3.33. The summed E-state index contributed by atoms with van der Waals surface area (Å²) in [5.41, 5.74) is 1.99. The van der Waals surface area contributed by atoms with Crippen molar-refractivity contribution in [1.82, 2.24) is 4.98 Å². The summed E-state index contributed by atoms with van der Waals surface area (Å²) in [6.07, 6.45) is 2.06. The molecule has 0 atom stereocenters. The Morgan fingerprint density at radius 3 is 2.65 bits per heavy atom. The summed E-state index contributed by atoms with van der Waals surface area (Å²) in [6, 6.07) is 16.0. The number of hydrogen-bond acceptors (Lipinski definition) is 5. The predicted molar refractivity (Wildman–Crippen MR) is 96.7 cm³/mol. The lowest BCUT2D eigenvalue weighted by Crippen LogP contribution is -1.95. The largest absolute Gasteiger partial charge is 0.497 e. The van der Waals surface area contributed by atoms with Crippen LogP contribution in [-0.4, -0.2) is 18.3 Å². The van der Waals surface area contributed by atoms with Gasteiger partial charge in [-0.1, -0.05) is 12.1 Å². The van der Waals surface area contributed by atoms with E-state index in [4.69, 9.17) is 9.47 Å². The van der Waals surface area contributed by atoms with Gasteiger partial charge in [-0.3, -0.25) is 0 Å². The van der Waals surface area contributed by atoms with Gasteiger partial charge in [0.2, 0.25) is 0 Å². The van der Waals surface area contributed by atoms with Crippen LogP contribution in [0.2, 0.25) is 0 Å². The molecule has 1 heterocycles. The summed E-state index contributed by atoms with van der Waals surface area (Å²) in [6.45, 7) is 0.471. The second kappa shape index (κ2) is 7.53. The molecule has 0 saturated carbocycles. The first-order chi connectivity index (χ1) is 11.3. The smallest absolute Gasteiger partial charge is 0.131 e. The highest BCUT2D eigenvalue weighted by atomic mass is 32.2. The number of hydrogen-bond donors (Lipinski definition) is 0. The molecule has 0 bridgehead atoms. The molecular formula is C18H17NO2S2. The van der Waals surface area contributed by atoms with E-state index in [-0.39, 0.29) is 0 Å². The van der Waals surface area contributed by atoms with Gasteiger partial charge in [0.15, 0.2) is 0 Å². The summed E-state index contributed by atoms with van der Waals surface area (Å²) in [5, 5.41) is 3.01. The van der Waals surface area contributed by atoms with Crippen molar-refractivity contribution < 1.29 is 9.47 Å². The third kappa shape index (κ3) is 4.06. The Morgan fingerprint density at radius 1 is 1.09 bits per heavy atom. The van der Waals surface area contributed by atoms with Crippen LogP contribution in [0.4, 0.5) is 0 Å². The molecule has 0 saturated heterocycles. The Hall–Kier alpha value is -1.98. The van der Waals surface area contributed by atoms with Crippen LogP contribution >= 0.6 is 23.1 Å². The number of ether oxygens (including phenoxy) is 2. The molecule has 23 heavy (non-hydrogen) atoms. The first-order valence-electron chi connectivity index (χ1n) is 7.14. The fourth-order valence-corrected chi connectivity index (χ4v) is 3.30. The fourth-order valence-electron chi connectivity index (χ4n) is 2.09. The maximum atomic E-state index is 5.80. The topological polar surface area (TPSA) is 31.4 Å². The second-order valence-electron chi connectivity index (χ2n) is 4.84. The van der Waals surface area contributed by atoms with Gasteiger partial charge in [-0.25, -0.2) is 4.98 Å². The number of benzene rings is 2. The Balaban J connectivity index is 1.66. The van der Waals surface area contributed by atoms with Crippen molar-refractivity contribution in [2.45, 2.75) is 11.5 Å². The lowest BCUT2D eigenvalue weighted by Gasteiger charge is -2.05. The quantitative estimate of drug-likeness (QED) is 0.581. The van der Waals surface area contributed by atoms with Crippen molar-refractivity contribution in [2.24, 2.45) is 0 Å². The summed E-state index contributed by atoms with van der Waals surface area (Å²) in [4.78, 5) is 5.87. The third-order valence-corrected chi connectivity index (χ3v) is 5.00. The molecule has 5 heteroatoms. The van der Waals surface area contributed by atoms with E-state index in [9.17, 15) is 0 Å². The van der Waals surface area contributed by atoms with Crippen LogP contribution < -0.4 is 9.47 Å².